The number of amides is 1. The van der Waals surface area contributed by atoms with Crippen molar-refractivity contribution in [1.82, 2.24) is 5.32 Å². The third kappa shape index (κ3) is 5.98. The predicted molar refractivity (Wildman–Crippen MR) is 106 cm³/mol. The molecule has 2 rings (SSSR count). The first kappa shape index (κ1) is 19.7. The van der Waals surface area contributed by atoms with Gasteiger partial charge in [-0.1, -0.05) is 44.2 Å². The number of rotatable bonds is 8. The molecule has 2 atom stereocenters. The molecule has 0 aliphatic carbocycles. The van der Waals surface area contributed by atoms with Crippen LogP contribution in [0.15, 0.2) is 41.8 Å². The van der Waals surface area contributed by atoms with Crippen molar-refractivity contribution in [2.24, 2.45) is 5.92 Å². The van der Waals surface area contributed by atoms with E-state index in [2.05, 4.69) is 66.3 Å². The molecule has 0 aliphatic rings. The molecular weight excluding hydrogens is 328 g/mol. The van der Waals surface area contributed by atoms with Gasteiger partial charge in [0.25, 0.3) is 5.91 Å². The molecule has 0 fully saturated rings. The molecule has 0 saturated heterocycles. The average Bonchev–Trinajstić information content (AvgIpc) is 3.06. The Bertz CT molecular complexity index is 647. The first-order valence-electron chi connectivity index (χ1n) is 9.14. The standard InChI is InChI=1S/C21H30N2OS/c1-14(2)13-17-8-10-18(11-9-17)20(19-7-6-12-25-19)23-16(5)21(24)22-15(3)4/h6-12,14-16,20,23H,13H2,1-5H3,(H,22,24)/p+1/t16-,20-/m0/s1. The maximum atomic E-state index is 12.3. The number of nitrogens with one attached hydrogen (secondary N) is 1. The van der Waals surface area contributed by atoms with Crippen LogP contribution in [0.5, 0.6) is 0 Å². The molecule has 1 aromatic heterocycles. The molecule has 136 valence electrons. The summed E-state index contributed by atoms with van der Waals surface area (Å²) in [5.74, 6) is 0.748. The Morgan fingerprint density at radius 1 is 1.08 bits per heavy atom. The van der Waals surface area contributed by atoms with E-state index in [1.165, 1.54) is 16.0 Å². The van der Waals surface area contributed by atoms with Crippen molar-refractivity contribution in [3.8, 4) is 0 Å². The van der Waals surface area contributed by atoms with Crippen LogP contribution in [-0.2, 0) is 11.2 Å². The zero-order chi connectivity index (χ0) is 18.4. The summed E-state index contributed by atoms with van der Waals surface area (Å²) in [5.41, 5.74) is 2.62. The lowest BCUT2D eigenvalue weighted by molar-refractivity contribution is -0.704. The van der Waals surface area contributed by atoms with Crippen LogP contribution >= 0.6 is 11.3 Å². The summed E-state index contributed by atoms with van der Waals surface area (Å²) in [6.45, 7) is 10.4. The quantitative estimate of drug-likeness (QED) is 0.744. The highest BCUT2D eigenvalue weighted by Crippen LogP contribution is 2.23. The van der Waals surface area contributed by atoms with Crippen LogP contribution in [0.2, 0.25) is 0 Å². The van der Waals surface area contributed by atoms with Gasteiger partial charge in [-0.3, -0.25) is 4.79 Å². The summed E-state index contributed by atoms with van der Waals surface area (Å²) in [6, 6.07) is 13.3. The van der Waals surface area contributed by atoms with Crippen LogP contribution in [0.25, 0.3) is 0 Å². The highest BCUT2D eigenvalue weighted by atomic mass is 32.1. The fraction of sp³-hybridized carbons (Fsp3) is 0.476. The number of hydrogen-bond donors (Lipinski definition) is 2. The van der Waals surface area contributed by atoms with Crippen LogP contribution < -0.4 is 10.6 Å². The van der Waals surface area contributed by atoms with E-state index in [9.17, 15) is 4.79 Å². The Morgan fingerprint density at radius 2 is 1.76 bits per heavy atom. The van der Waals surface area contributed by atoms with Crippen molar-refractivity contribution in [3.05, 3.63) is 57.8 Å². The number of carbonyl (C=O) groups is 1. The molecule has 4 heteroatoms. The zero-order valence-corrected chi connectivity index (χ0v) is 16.8. The van der Waals surface area contributed by atoms with Crippen molar-refractivity contribution in [2.75, 3.05) is 0 Å². The lowest BCUT2D eigenvalue weighted by atomic mass is 9.98. The largest absolute Gasteiger partial charge is 0.349 e. The molecule has 2 aromatic rings. The Morgan fingerprint density at radius 3 is 2.28 bits per heavy atom. The van der Waals surface area contributed by atoms with Gasteiger partial charge in [0.2, 0.25) is 0 Å². The second kappa shape index (κ2) is 9.16. The summed E-state index contributed by atoms with van der Waals surface area (Å²) >= 11 is 1.75. The van der Waals surface area contributed by atoms with Crippen LogP contribution in [0.3, 0.4) is 0 Å². The number of thiophene rings is 1. The number of quaternary nitrogens is 1. The molecule has 0 bridgehead atoms. The van der Waals surface area contributed by atoms with Crippen LogP contribution in [0, 0.1) is 5.92 Å². The van der Waals surface area contributed by atoms with Crippen molar-refractivity contribution in [1.29, 1.82) is 0 Å². The fourth-order valence-corrected chi connectivity index (χ4v) is 3.80. The Kier molecular flexibility index (Phi) is 7.21. The minimum Gasteiger partial charge on any atom is -0.349 e. The van der Waals surface area contributed by atoms with Crippen molar-refractivity contribution in [2.45, 2.75) is 59.2 Å². The van der Waals surface area contributed by atoms with E-state index >= 15 is 0 Å². The average molecular weight is 360 g/mol. The minimum absolute atomic E-state index is 0.0907. The van der Waals surface area contributed by atoms with E-state index in [1.54, 1.807) is 11.3 Å². The number of benzene rings is 1. The minimum atomic E-state index is -0.134. The first-order chi connectivity index (χ1) is 11.9. The maximum Gasteiger partial charge on any atom is 0.278 e. The molecule has 25 heavy (non-hydrogen) atoms. The molecule has 1 heterocycles. The van der Waals surface area contributed by atoms with Crippen molar-refractivity contribution in [3.63, 3.8) is 0 Å². The Hall–Kier alpha value is -1.65. The van der Waals surface area contributed by atoms with E-state index in [0.717, 1.165) is 6.42 Å². The molecule has 0 radical (unpaired) electrons. The van der Waals surface area contributed by atoms with Gasteiger partial charge in [-0.15, -0.1) is 11.3 Å². The van der Waals surface area contributed by atoms with Gasteiger partial charge in [0.15, 0.2) is 6.04 Å². The third-order valence-electron chi connectivity index (χ3n) is 4.16. The van der Waals surface area contributed by atoms with E-state index in [-0.39, 0.29) is 24.0 Å². The normalized spacial score (nSPS) is 13.9. The van der Waals surface area contributed by atoms with Crippen LogP contribution in [-0.4, -0.2) is 18.0 Å². The molecular formula is C21H31N2OS+. The number of carbonyl (C=O) groups excluding carboxylic acids is 1. The number of nitrogens with two attached hydrogens (primary N) is 1. The Balaban J connectivity index is 2.18. The van der Waals surface area contributed by atoms with Crippen LogP contribution in [0.1, 0.15) is 56.7 Å². The molecule has 0 spiro atoms. The summed E-state index contributed by atoms with van der Waals surface area (Å²) in [6.07, 6.45) is 1.10. The van der Waals surface area contributed by atoms with Gasteiger partial charge in [0, 0.05) is 11.6 Å². The second-order valence-corrected chi connectivity index (χ2v) is 8.46. The van der Waals surface area contributed by atoms with E-state index < -0.39 is 0 Å². The number of hydrogen-bond acceptors (Lipinski definition) is 2. The van der Waals surface area contributed by atoms with Gasteiger partial charge in [0.05, 0.1) is 4.88 Å². The fourth-order valence-electron chi connectivity index (χ4n) is 2.96. The first-order valence-corrected chi connectivity index (χ1v) is 10.0. The summed E-state index contributed by atoms with van der Waals surface area (Å²) in [7, 11) is 0. The molecule has 1 aromatic carbocycles. The van der Waals surface area contributed by atoms with Gasteiger partial charge in [-0.2, -0.15) is 0 Å². The summed E-state index contributed by atoms with van der Waals surface area (Å²) in [4.78, 5) is 13.6. The van der Waals surface area contributed by atoms with E-state index in [1.807, 2.05) is 20.8 Å². The molecule has 3 N–H and O–H groups in total. The summed E-state index contributed by atoms with van der Waals surface area (Å²) < 4.78 is 0. The molecule has 3 nitrogen and oxygen atoms in total. The lowest BCUT2D eigenvalue weighted by Crippen LogP contribution is -2.92. The lowest BCUT2D eigenvalue weighted by Gasteiger charge is -2.20. The topological polar surface area (TPSA) is 45.7 Å². The highest BCUT2D eigenvalue weighted by molar-refractivity contribution is 7.10. The molecule has 0 unspecified atom stereocenters. The maximum absolute atomic E-state index is 12.3. The third-order valence-corrected chi connectivity index (χ3v) is 5.11. The highest BCUT2D eigenvalue weighted by Gasteiger charge is 2.25. The SMILES string of the molecule is CC(C)Cc1ccc([C@H]([NH2+][C@@H](C)C(=O)NC(C)C)c2cccs2)cc1. The van der Waals surface area contributed by atoms with Gasteiger partial charge >= 0.3 is 0 Å². The molecule has 0 saturated carbocycles. The molecule has 0 aliphatic heterocycles. The summed E-state index contributed by atoms with van der Waals surface area (Å²) in [5, 5.41) is 7.28. The predicted octanol–water partition coefficient (Wildman–Crippen LogP) is 3.51. The zero-order valence-electron chi connectivity index (χ0n) is 16.0. The Labute approximate surface area is 155 Å². The smallest absolute Gasteiger partial charge is 0.278 e. The monoisotopic (exact) mass is 359 g/mol. The van der Waals surface area contributed by atoms with Gasteiger partial charge in [0.1, 0.15) is 6.04 Å². The van der Waals surface area contributed by atoms with Gasteiger partial charge < -0.3 is 10.6 Å². The van der Waals surface area contributed by atoms with Gasteiger partial charge in [-0.05, 0) is 50.1 Å². The van der Waals surface area contributed by atoms with E-state index in [0.29, 0.717) is 5.92 Å². The van der Waals surface area contributed by atoms with Crippen LogP contribution in [0.4, 0.5) is 0 Å². The van der Waals surface area contributed by atoms with Crippen molar-refractivity contribution >= 4 is 17.2 Å². The van der Waals surface area contributed by atoms with Gasteiger partial charge in [-0.25, -0.2) is 0 Å². The van der Waals surface area contributed by atoms with E-state index in [4.69, 9.17) is 0 Å². The van der Waals surface area contributed by atoms with Crippen molar-refractivity contribution < 1.29 is 10.1 Å². The molecule has 1 amide bonds. The second-order valence-electron chi connectivity index (χ2n) is 7.48.